The number of fused-ring (bicyclic) bond motifs is 5. The maximum Gasteiger partial charge on any atom is 0.102 e. The molecule has 20 heavy (non-hydrogen) atoms. The van der Waals surface area contributed by atoms with E-state index in [-0.39, 0.29) is 0 Å². The maximum atomic E-state index is 4.67. The number of rotatable bonds is 0. The molecule has 0 fully saturated rings. The van der Waals surface area contributed by atoms with E-state index in [0.29, 0.717) is 0 Å². The Morgan fingerprint density at radius 1 is 0.950 bits per heavy atom. The van der Waals surface area contributed by atoms with Gasteiger partial charge in [0.25, 0.3) is 0 Å². The molecule has 4 rings (SSSR count). The van der Waals surface area contributed by atoms with Crippen molar-refractivity contribution in [3.05, 3.63) is 60.3 Å². The van der Waals surface area contributed by atoms with Gasteiger partial charge in [-0.2, -0.15) is 5.10 Å². The van der Waals surface area contributed by atoms with Gasteiger partial charge in [0.15, 0.2) is 0 Å². The van der Waals surface area contributed by atoms with Crippen LogP contribution in [0.5, 0.6) is 0 Å². The highest BCUT2D eigenvalue weighted by Crippen LogP contribution is 2.38. The molecular formula is C17H15N3. The predicted molar refractivity (Wildman–Crippen MR) is 81.4 cm³/mol. The molecular weight excluding hydrogens is 246 g/mol. The summed E-state index contributed by atoms with van der Waals surface area (Å²) >= 11 is 0. The van der Waals surface area contributed by atoms with Crippen molar-refractivity contribution in [3.8, 4) is 22.4 Å². The van der Waals surface area contributed by atoms with Crippen LogP contribution in [0.2, 0.25) is 0 Å². The Morgan fingerprint density at radius 3 is 2.60 bits per heavy atom. The standard InChI is InChI=1S/C17H15N3/c1-20-11-15-13-7-3-2-6-12(13)10-18-16-9-5-4-8-14(16)17(15)19-20/h2-9,11,18H,10H2,1H3. The lowest BCUT2D eigenvalue weighted by Crippen LogP contribution is -2.05. The van der Waals surface area contributed by atoms with Crippen molar-refractivity contribution in [2.45, 2.75) is 6.54 Å². The number of aryl methyl sites for hydroxylation is 1. The van der Waals surface area contributed by atoms with Gasteiger partial charge in [0, 0.05) is 36.6 Å². The summed E-state index contributed by atoms with van der Waals surface area (Å²) in [6, 6.07) is 16.9. The molecule has 3 nitrogen and oxygen atoms in total. The lowest BCUT2D eigenvalue weighted by Gasteiger charge is -2.18. The summed E-state index contributed by atoms with van der Waals surface area (Å²) in [5.41, 5.74) is 7.12. The highest BCUT2D eigenvalue weighted by Gasteiger charge is 2.19. The average Bonchev–Trinajstić information content (AvgIpc) is 2.85. The molecule has 0 atom stereocenters. The van der Waals surface area contributed by atoms with E-state index in [2.05, 4.69) is 65.1 Å². The zero-order chi connectivity index (χ0) is 13.5. The van der Waals surface area contributed by atoms with Gasteiger partial charge in [0.05, 0.1) is 0 Å². The van der Waals surface area contributed by atoms with Gasteiger partial charge in [-0.1, -0.05) is 42.5 Å². The number of anilines is 1. The molecule has 2 aromatic carbocycles. The molecule has 0 aliphatic carbocycles. The van der Waals surface area contributed by atoms with Gasteiger partial charge < -0.3 is 5.32 Å². The van der Waals surface area contributed by atoms with E-state index in [4.69, 9.17) is 0 Å². The fourth-order valence-electron chi connectivity index (χ4n) is 2.86. The van der Waals surface area contributed by atoms with Crippen LogP contribution < -0.4 is 5.32 Å². The Balaban J connectivity index is 2.07. The third-order valence-corrected chi connectivity index (χ3v) is 3.79. The van der Waals surface area contributed by atoms with Crippen LogP contribution in [0.4, 0.5) is 5.69 Å². The number of hydrogen-bond donors (Lipinski definition) is 1. The van der Waals surface area contributed by atoms with Crippen LogP contribution in [0.15, 0.2) is 54.7 Å². The average molecular weight is 261 g/mol. The van der Waals surface area contributed by atoms with Crippen LogP contribution in [-0.4, -0.2) is 9.78 Å². The number of para-hydroxylation sites is 1. The first-order valence-corrected chi connectivity index (χ1v) is 6.78. The summed E-state index contributed by atoms with van der Waals surface area (Å²) in [5, 5.41) is 8.19. The summed E-state index contributed by atoms with van der Waals surface area (Å²) in [5.74, 6) is 0. The van der Waals surface area contributed by atoms with E-state index in [0.717, 1.165) is 23.5 Å². The van der Waals surface area contributed by atoms with Gasteiger partial charge in [-0.3, -0.25) is 4.68 Å². The fraction of sp³-hybridized carbons (Fsp3) is 0.118. The first-order chi connectivity index (χ1) is 9.83. The SMILES string of the molecule is Cn1cc2c(n1)-c1ccccc1NCc1ccccc1-2. The number of benzene rings is 2. The minimum atomic E-state index is 0.835. The zero-order valence-corrected chi connectivity index (χ0v) is 11.3. The molecule has 0 saturated carbocycles. The molecule has 3 aromatic rings. The Morgan fingerprint density at radius 2 is 1.70 bits per heavy atom. The van der Waals surface area contributed by atoms with E-state index in [9.17, 15) is 0 Å². The van der Waals surface area contributed by atoms with E-state index >= 15 is 0 Å². The Kier molecular flexibility index (Phi) is 2.39. The van der Waals surface area contributed by atoms with E-state index in [1.165, 1.54) is 16.7 Å². The van der Waals surface area contributed by atoms with Crippen molar-refractivity contribution in [2.24, 2.45) is 7.05 Å². The molecule has 0 amide bonds. The normalized spacial score (nSPS) is 12.4. The van der Waals surface area contributed by atoms with Gasteiger partial charge in [-0.05, 0) is 17.2 Å². The molecule has 0 unspecified atom stereocenters. The second kappa shape index (κ2) is 4.23. The van der Waals surface area contributed by atoms with Crippen molar-refractivity contribution in [1.29, 1.82) is 0 Å². The second-order valence-electron chi connectivity index (χ2n) is 5.12. The lowest BCUT2D eigenvalue weighted by atomic mass is 9.94. The van der Waals surface area contributed by atoms with Crippen molar-refractivity contribution >= 4 is 5.69 Å². The molecule has 1 N–H and O–H groups in total. The highest BCUT2D eigenvalue weighted by molar-refractivity contribution is 5.88. The lowest BCUT2D eigenvalue weighted by molar-refractivity contribution is 0.771. The van der Waals surface area contributed by atoms with Crippen molar-refractivity contribution in [2.75, 3.05) is 5.32 Å². The van der Waals surface area contributed by atoms with Gasteiger partial charge in [-0.15, -0.1) is 0 Å². The van der Waals surface area contributed by atoms with Crippen LogP contribution in [0.3, 0.4) is 0 Å². The summed E-state index contributed by atoms with van der Waals surface area (Å²) in [6.45, 7) is 0.835. The quantitative estimate of drug-likeness (QED) is 0.669. The van der Waals surface area contributed by atoms with Crippen molar-refractivity contribution in [1.82, 2.24) is 9.78 Å². The Bertz CT molecular complexity index is 721. The van der Waals surface area contributed by atoms with Gasteiger partial charge in [-0.25, -0.2) is 0 Å². The van der Waals surface area contributed by atoms with Crippen LogP contribution in [0.25, 0.3) is 22.4 Å². The molecule has 0 radical (unpaired) electrons. The summed E-state index contributed by atoms with van der Waals surface area (Å²) in [6.07, 6.45) is 2.11. The first-order valence-electron chi connectivity index (χ1n) is 6.78. The Hall–Kier alpha value is -2.55. The molecule has 98 valence electrons. The number of hydrogen-bond acceptors (Lipinski definition) is 2. The van der Waals surface area contributed by atoms with Gasteiger partial charge in [0.2, 0.25) is 0 Å². The second-order valence-corrected chi connectivity index (χ2v) is 5.12. The molecule has 1 aliphatic rings. The van der Waals surface area contributed by atoms with E-state index < -0.39 is 0 Å². The molecule has 0 bridgehead atoms. The molecule has 1 aliphatic heterocycles. The van der Waals surface area contributed by atoms with Gasteiger partial charge in [0.1, 0.15) is 5.69 Å². The highest BCUT2D eigenvalue weighted by atomic mass is 15.3. The summed E-state index contributed by atoms with van der Waals surface area (Å²) in [4.78, 5) is 0. The minimum absolute atomic E-state index is 0.835. The third-order valence-electron chi connectivity index (χ3n) is 3.79. The van der Waals surface area contributed by atoms with E-state index in [1.54, 1.807) is 0 Å². The largest absolute Gasteiger partial charge is 0.380 e. The molecule has 3 heteroatoms. The van der Waals surface area contributed by atoms with Crippen LogP contribution >= 0.6 is 0 Å². The zero-order valence-electron chi connectivity index (χ0n) is 11.3. The molecule has 2 heterocycles. The van der Waals surface area contributed by atoms with Crippen molar-refractivity contribution in [3.63, 3.8) is 0 Å². The monoisotopic (exact) mass is 261 g/mol. The maximum absolute atomic E-state index is 4.67. The number of aromatic nitrogens is 2. The summed E-state index contributed by atoms with van der Waals surface area (Å²) in [7, 11) is 1.98. The van der Waals surface area contributed by atoms with Crippen LogP contribution in [0, 0.1) is 0 Å². The molecule has 0 spiro atoms. The van der Waals surface area contributed by atoms with Crippen molar-refractivity contribution < 1.29 is 0 Å². The van der Waals surface area contributed by atoms with Crippen LogP contribution in [-0.2, 0) is 13.6 Å². The Labute approximate surface area is 117 Å². The number of nitrogens with one attached hydrogen (secondary N) is 1. The van der Waals surface area contributed by atoms with Crippen LogP contribution in [0.1, 0.15) is 5.56 Å². The number of nitrogens with zero attached hydrogens (tertiary/aromatic N) is 2. The minimum Gasteiger partial charge on any atom is -0.380 e. The smallest absolute Gasteiger partial charge is 0.102 e. The summed E-state index contributed by atoms with van der Waals surface area (Å²) < 4.78 is 1.89. The molecule has 1 aromatic heterocycles. The fourth-order valence-corrected chi connectivity index (χ4v) is 2.86. The first kappa shape index (κ1) is 11.3. The van der Waals surface area contributed by atoms with Gasteiger partial charge >= 0.3 is 0 Å². The third kappa shape index (κ3) is 1.63. The van der Waals surface area contributed by atoms with E-state index in [1.807, 2.05) is 11.7 Å². The predicted octanol–water partition coefficient (Wildman–Crippen LogP) is 3.68. The molecule has 0 saturated heterocycles. The topological polar surface area (TPSA) is 29.9 Å².